The average Bonchev–Trinajstić information content (AvgIpc) is 2.78. The lowest BCUT2D eigenvalue weighted by atomic mass is 9.63. The van der Waals surface area contributed by atoms with E-state index in [1.54, 1.807) is 6.07 Å². The predicted molar refractivity (Wildman–Crippen MR) is 81.0 cm³/mol. The van der Waals surface area contributed by atoms with Gasteiger partial charge in [0.05, 0.1) is 17.5 Å². The van der Waals surface area contributed by atoms with Crippen LogP contribution in [0.15, 0.2) is 30.4 Å². The number of hydrogen-bond donors (Lipinski definition) is 0. The molecule has 108 valence electrons. The molecule has 21 heavy (non-hydrogen) atoms. The smallest absolute Gasteiger partial charge is 0.238 e. The molecule has 4 heteroatoms. The number of anilines is 1. The second kappa shape index (κ2) is 4.44. The van der Waals surface area contributed by atoms with Gasteiger partial charge in [-0.3, -0.25) is 9.59 Å². The van der Waals surface area contributed by atoms with Gasteiger partial charge < -0.3 is 0 Å². The summed E-state index contributed by atoms with van der Waals surface area (Å²) in [5.41, 5.74) is 1.55. The lowest BCUT2D eigenvalue weighted by Gasteiger charge is -2.38. The topological polar surface area (TPSA) is 37.4 Å². The third-order valence-corrected chi connectivity index (χ3v) is 5.58. The van der Waals surface area contributed by atoms with Gasteiger partial charge in [0.15, 0.2) is 0 Å². The van der Waals surface area contributed by atoms with Crippen LogP contribution in [-0.4, -0.2) is 11.8 Å². The normalized spacial score (nSPS) is 33.7. The molecule has 2 bridgehead atoms. The zero-order chi connectivity index (χ0) is 14.7. The number of aryl methyl sites for hydroxylation is 1. The molecule has 1 aromatic carbocycles. The van der Waals surface area contributed by atoms with Gasteiger partial charge in [0, 0.05) is 5.02 Å². The Labute approximate surface area is 128 Å². The number of allylic oxidation sites excluding steroid dienone is 2. The Morgan fingerprint density at radius 1 is 1.05 bits per heavy atom. The lowest BCUT2D eigenvalue weighted by molar-refractivity contribution is -0.124. The van der Waals surface area contributed by atoms with Crippen molar-refractivity contribution in [3.05, 3.63) is 40.9 Å². The first-order chi connectivity index (χ1) is 10.1. The first kappa shape index (κ1) is 13.1. The summed E-state index contributed by atoms with van der Waals surface area (Å²) in [5, 5.41) is 0.587. The lowest BCUT2D eigenvalue weighted by Crippen LogP contribution is -2.38. The maximum absolute atomic E-state index is 12.8. The van der Waals surface area contributed by atoms with Crippen LogP contribution in [0.2, 0.25) is 5.02 Å². The van der Waals surface area contributed by atoms with Crippen LogP contribution in [-0.2, 0) is 9.59 Å². The fraction of sp³-hybridized carbons (Fsp3) is 0.412. The maximum atomic E-state index is 12.8. The molecule has 4 atom stereocenters. The molecular weight excluding hydrogens is 286 g/mol. The molecule has 4 aliphatic rings. The van der Waals surface area contributed by atoms with E-state index in [2.05, 4.69) is 12.2 Å². The number of rotatable bonds is 1. The quantitative estimate of drug-likeness (QED) is 0.589. The number of imide groups is 1. The summed E-state index contributed by atoms with van der Waals surface area (Å²) in [7, 11) is 0. The Kier molecular flexibility index (Phi) is 2.77. The third kappa shape index (κ3) is 1.73. The van der Waals surface area contributed by atoms with Gasteiger partial charge in [0.1, 0.15) is 0 Å². The monoisotopic (exact) mass is 301 g/mol. The van der Waals surface area contributed by atoms with E-state index in [-0.39, 0.29) is 35.5 Å². The molecule has 5 rings (SSSR count). The first-order valence-corrected chi connectivity index (χ1v) is 7.78. The van der Waals surface area contributed by atoms with Crippen LogP contribution in [0.5, 0.6) is 0 Å². The molecular formula is C17H16ClNO2. The molecule has 1 heterocycles. The molecule has 3 nitrogen and oxygen atoms in total. The zero-order valence-corrected chi connectivity index (χ0v) is 12.5. The summed E-state index contributed by atoms with van der Waals surface area (Å²) in [5.74, 6) is 0.0142. The molecule has 1 saturated heterocycles. The van der Waals surface area contributed by atoms with E-state index in [0.29, 0.717) is 10.7 Å². The number of nitrogens with zero attached hydrogens (tertiary/aromatic N) is 1. The molecule has 0 N–H and O–H groups in total. The molecule has 0 aromatic heterocycles. The minimum atomic E-state index is -0.165. The summed E-state index contributed by atoms with van der Waals surface area (Å²) in [6.45, 7) is 1.91. The van der Waals surface area contributed by atoms with Gasteiger partial charge in [0.2, 0.25) is 11.8 Å². The minimum Gasteiger partial charge on any atom is -0.274 e. The number of benzene rings is 1. The van der Waals surface area contributed by atoms with Crippen molar-refractivity contribution in [2.75, 3.05) is 4.90 Å². The highest BCUT2D eigenvalue weighted by molar-refractivity contribution is 6.32. The van der Waals surface area contributed by atoms with Crippen molar-refractivity contribution < 1.29 is 9.59 Å². The summed E-state index contributed by atoms with van der Waals surface area (Å²) >= 11 is 6.15. The molecule has 0 unspecified atom stereocenters. The standard InChI is InChI=1S/C17H16ClNO2/c1-9-2-7-12(8-13(9)18)19-16(20)14-10-3-4-11(6-5-10)15(14)17(19)21/h2-4,7-8,10-11,14-15H,5-6H2,1H3/t10-,11+,14-,15-/m0/s1. The van der Waals surface area contributed by atoms with Crippen molar-refractivity contribution in [3.63, 3.8) is 0 Å². The number of amides is 2. The van der Waals surface area contributed by atoms with Crippen LogP contribution in [0.4, 0.5) is 5.69 Å². The Hall–Kier alpha value is -1.61. The highest BCUT2D eigenvalue weighted by Crippen LogP contribution is 2.50. The van der Waals surface area contributed by atoms with Gasteiger partial charge in [-0.1, -0.05) is 29.8 Å². The Morgan fingerprint density at radius 3 is 2.10 bits per heavy atom. The molecule has 2 amide bonds. The van der Waals surface area contributed by atoms with Crippen molar-refractivity contribution >= 4 is 29.1 Å². The maximum Gasteiger partial charge on any atom is 0.238 e. The van der Waals surface area contributed by atoms with Gasteiger partial charge >= 0.3 is 0 Å². The van der Waals surface area contributed by atoms with E-state index < -0.39 is 0 Å². The fourth-order valence-corrected chi connectivity index (χ4v) is 4.22. The van der Waals surface area contributed by atoms with Crippen LogP contribution in [0.25, 0.3) is 0 Å². The molecule has 1 aromatic rings. The largest absolute Gasteiger partial charge is 0.274 e. The van der Waals surface area contributed by atoms with Crippen molar-refractivity contribution in [2.45, 2.75) is 19.8 Å². The molecule has 1 saturated carbocycles. The van der Waals surface area contributed by atoms with Crippen molar-refractivity contribution in [1.29, 1.82) is 0 Å². The third-order valence-electron chi connectivity index (χ3n) is 5.17. The van der Waals surface area contributed by atoms with E-state index in [9.17, 15) is 9.59 Å². The first-order valence-electron chi connectivity index (χ1n) is 7.40. The van der Waals surface area contributed by atoms with Gasteiger partial charge in [-0.05, 0) is 49.3 Å². The van der Waals surface area contributed by atoms with Gasteiger partial charge in [-0.15, -0.1) is 0 Å². The number of fused-ring (bicyclic) bond motifs is 1. The van der Waals surface area contributed by atoms with Crippen LogP contribution in [0.3, 0.4) is 0 Å². The minimum absolute atomic E-state index is 0.0519. The van der Waals surface area contributed by atoms with Crippen LogP contribution >= 0.6 is 11.6 Å². The van der Waals surface area contributed by atoms with Crippen molar-refractivity contribution in [2.24, 2.45) is 23.7 Å². The van der Waals surface area contributed by atoms with E-state index in [1.807, 2.05) is 19.1 Å². The number of carbonyl (C=O) groups excluding carboxylic acids is 2. The van der Waals surface area contributed by atoms with E-state index >= 15 is 0 Å². The fourth-order valence-electron chi connectivity index (χ4n) is 4.05. The number of hydrogen-bond acceptors (Lipinski definition) is 2. The predicted octanol–water partition coefficient (Wildman–Crippen LogP) is 3.35. The summed E-state index contributed by atoms with van der Waals surface area (Å²) in [4.78, 5) is 26.9. The van der Waals surface area contributed by atoms with Gasteiger partial charge in [-0.2, -0.15) is 0 Å². The Morgan fingerprint density at radius 2 is 1.62 bits per heavy atom. The second-order valence-electron chi connectivity index (χ2n) is 6.29. The molecule has 2 fully saturated rings. The van der Waals surface area contributed by atoms with Crippen molar-refractivity contribution in [3.8, 4) is 0 Å². The van der Waals surface area contributed by atoms with Gasteiger partial charge in [-0.25, -0.2) is 4.90 Å². The van der Waals surface area contributed by atoms with Crippen LogP contribution in [0, 0.1) is 30.6 Å². The molecule has 3 aliphatic carbocycles. The molecule has 0 spiro atoms. The highest BCUT2D eigenvalue weighted by atomic mass is 35.5. The zero-order valence-electron chi connectivity index (χ0n) is 11.8. The van der Waals surface area contributed by atoms with Crippen LogP contribution in [0.1, 0.15) is 18.4 Å². The van der Waals surface area contributed by atoms with Gasteiger partial charge in [0.25, 0.3) is 0 Å². The van der Waals surface area contributed by atoms with Crippen LogP contribution < -0.4 is 4.90 Å². The number of halogens is 1. The summed E-state index contributed by atoms with van der Waals surface area (Å²) in [6, 6.07) is 5.39. The average molecular weight is 302 g/mol. The summed E-state index contributed by atoms with van der Waals surface area (Å²) < 4.78 is 0. The van der Waals surface area contributed by atoms with E-state index in [4.69, 9.17) is 11.6 Å². The Balaban J connectivity index is 1.76. The highest BCUT2D eigenvalue weighted by Gasteiger charge is 2.56. The second-order valence-corrected chi connectivity index (χ2v) is 6.69. The number of carbonyl (C=O) groups is 2. The van der Waals surface area contributed by atoms with E-state index in [0.717, 1.165) is 18.4 Å². The Bertz CT molecular complexity index is 649. The summed E-state index contributed by atoms with van der Waals surface area (Å²) in [6.07, 6.45) is 6.30. The van der Waals surface area contributed by atoms with Crippen molar-refractivity contribution in [1.82, 2.24) is 0 Å². The molecule has 0 radical (unpaired) electrons. The molecule has 1 aliphatic heterocycles. The SMILES string of the molecule is Cc1ccc(N2C(=O)[C@@H]3[C@@H](C2=O)[C@H]2C=C[C@@H]3CC2)cc1Cl. The van der Waals surface area contributed by atoms with E-state index in [1.165, 1.54) is 4.90 Å².